The lowest BCUT2D eigenvalue weighted by atomic mass is 9.82. The van der Waals surface area contributed by atoms with Crippen LogP contribution >= 0.6 is 0 Å². The molecule has 10 nitrogen and oxygen atoms in total. The van der Waals surface area contributed by atoms with Crippen LogP contribution in [0.3, 0.4) is 0 Å². The number of benzene rings is 2. The molecule has 0 aliphatic heterocycles. The van der Waals surface area contributed by atoms with Crippen molar-refractivity contribution in [2.45, 2.75) is 109 Å². The van der Waals surface area contributed by atoms with Gasteiger partial charge in [-0.25, -0.2) is 4.98 Å². The van der Waals surface area contributed by atoms with Crippen LogP contribution in [-0.2, 0) is 27.2 Å². The maximum Gasteiger partial charge on any atom is 0.243 e. The summed E-state index contributed by atoms with van der Waals surface area (Å²) in [4.78, 5) is 50.6. The third kappa shape index (κ3) is 11.7. The monoisotopic (exact) mass is 685 g/mol. The van der Waals surface area contributed by atoms with E-state index in [-0.39, 0.29) is 24.7 Å². The molecule has 0 unspecified atom stereocenters. The normalized spacial score (nSPS) is 16.6. The van der Waals surface area contributed by atoms with Crippen molar-refractivity contribution in [1.82, 2.24) is 25.5 Å². The average molecular weight is 686 g/mol. The van der Waals surface area contributed by atoms with E-state index in [9.17, 15) is 24.6 Å². The predicted molar refractivity (Wildman–Crippen MR) is 196 cm³/mol. The second-order valence-corrected chi connectivity index (χ2v) is 14.4. The summed E-state index contributed by atoms with van der Waals surface area (Å²) in [6.45, 7) is 4.35. The predicted octanol–water partition coefficient (Wildman–Crippen LogP) is 4.54. The Morgan fingerprint density at radius 1 is 1.00 bits per heavy atom. The Morgan fingerprint density at radius 3 is 2.38 bits per heavy atom. The topological polar surface area (TPSA) is 148 Å². The van der Waals surface area contributed by atoms with Gasteiger partial charge in [-0.1, -0.05) is 88.4 Å². The summed E-state index contributed by atoms with van der Waals surface area (Å²) in [6.07, 6.45) is 10.5. The Morgan fingerprint density at radius 2 is 1.70 bits per heavy atom. The van der Waals surface area contributed by atoms with E-state index in [1.807, 2.05) is 68.4 Å². The Hall–Kier alpha value is -4.20. The van der Waals surface area contributed by atoms with Gasteiger partial charge in [-0.15, -0.1) is 12.3 Å². The number of rotatable bonds is 18. The van der Waals surface area contributed by atoms with Crippen molar-refractivity contribution in [3.8, 4) is 12.3 Å². The molecule has 1 saturated carbocycles. The van der Waals surface area contributed by atoms with Gasteiger partial charge >= 0.3 is 0 Å². The summed E-state index contributed by atoms with van der Waals surface area (Å²) in [5.74, 6) is 1.83. The van der Waals surface area contributed by atoms with Crippen LogP contribution in [0.15, 0.2) is 54.6 Å². The number of carbonyl (C=O) groups is 3. The summed E-state index contributed by atoms with van der Waals surface area (Å²) in [6, 6.07) is 15.4. The molecule has 3 amide bonds. The van der Waals surface area contributed by atoms with Crippen molar-refractivity contribution < 1.29 is 24.6 Å². The number of H-pyrrole nitrogens is 1. The van der Waals surface area contributed by atoms with Gasteiger partial charge in [0.15, 0.2) is 0 Å². The van der Waals surface area contributed by atoms with E-state index in [1.54, 1.807) is 11.9 Å². The number of nitrogens with one attached hydrogen (secondary N) is 3. The van der Waals surface area contributed by atoms with Crippen LogP contribution < -0.4 is 10.6 Å². The summed E-state index contributed by atoms with van der Waals surface area (Å²) in [5, 5.41) is 27.8. The molecule has 270 valence electrons. The van der Waals surface area contributed by atoms with Crippen LogP contribution in [-0.4, -0.2) is 80.7 Å². The van der Waals surface area contributed by atoms with Crippen molar-refractivity contribution >= 4 is 28.8 Å². The first-order valence-electron chi connectivity index (χ1n) is 18.2. The molecule has 0 spiro atoms. The van der Waals surface area contributed by atoms with Crippen molar-refractivity contribution in [1.29, 1.82) is 0 Å². The highest BCUT2D eigenvalue weighted by Crippen LogP contribution is 2.29. The van der Waals surface area contributed by atoms with Gasteiger partial charge < -0.3 is 30.7 Å². The fourth-order valence-corrected chi connectivity index (χ4v) is 6.90. The number of aliphatic hydroxyl groups excluding tert-OH is 2. The minimum Gasteiger partial charge on any atom is -0.390 e. The van der Waals surface area contributed by atoms with Crippen LogP contribution in [0.2, 0.25) is 0 Å². The minimum absolute atomic E-state index is 0.0633. The molecule has 50 heavy (non-hydrogen) atoms. The second-order valence-electron chi connectivity index (χ2n) is 14.4. The quantitative estimate of drug-likeness (QED) is 0.124. The van der Waals surface area contributed by atoms with Crippen LogP contribution in [0, 0.1) is 30.1 Å². The van der Waals surface area contributed by atoms with Crippen LogP contribution in [0.4, 0.5) is 0 Å². The highest BCUT2D eigenvalue weighted by atomic mass is 16.3. The number of aromatic amines is 1. The number of fused-ring (bicyclic) bond motifs is 1. The van der Waals surface area contributed by atoms with Gasteiger partial charge in [-0.05, 0) is 48.8 Å². The van der Waals surface area contributed by atoms with E-state index >= 15 is 0 Å². The number of hydrogen-bond acceptors (Lipinski definition) is 6. The zero-order valence-electron chi connectivity index (χ0n) is 29.8. The molecule has 1 heterocycles. The van der Waals surface area contributed by atoms with E-state index in [0.717, 1.165) is 48.1 Å². The number of likely N-dealkylation sites (N-methyl/N-ethyl adjacent to an activating group) is 1. The maximum absolute atomic E-state index is 13.9. The standard InChI is InChI=1S/C40H55N5O5/c1-5-14-33(40(50)44-34(25-29-17-10-7-11-18-29)38(48)35(46)23-27(2)3)43-39(49)30(24-28-15-8-6-9-16-28)26-37(47)45(4)22-21-36-41-31-19-12-13-20-32(31)42-36/h1,6,8-9,12-13,15-16,19-20,27,29-30,33-35,38,46,48H,7,10-11,14,17-18,21-26H2,2-4H3,(H,41,42)(H,43,49)(H,44,50)/t30-,33+,34+,35+,38-/m1/s1. The fourth-order valence-electron chi connectivity index (χ4n) is 6.90. The summed E-state index contributed by atoms with van der Waals surface area (Å²) < 4.78 is 0. The Kier molecular flexibility index (Phi) is 14.9. The number of aliphatic hydroxyl groups is 2. The van der Waals surface area contributed by atoms with E-state index in [4.69, 9.17) is 6.42 Å². The van der Waals surface area contributed by atoms with E-state index in [0.29, 0.717) is 38.1 Å². The third-order valence-corrected chi connectivity index (χ3v) is 9.78. The SMILES string of the molecule is C#CC[C@H](NC(=O)[C@@H](CC(=O)N(C)CCc1nc2ccccc2[nH]1)Cc1ccccc1)C(=O)N[C@@H](CC1CCCCC1)[C@@H](O)[C@@H](O)CC(C)C. The first kappa shape index (κ1) is 38.6. The van der Waals surface area contributed by atoms with Gasteiger partial charge in [0.2, 0.25) is 17.7 Å². The summed E-state index contributed by atoms with van der Waals surface area (Å²) in [7, 11) is 1.71. The molecule has 0 saturated heterocycles. The van der Waals surface area contributed by atoms with Gasteiger partial charge in [-0.2, -0.15) is 0 Å². The van der Waals surface area contributed by atoms with Gasteiger partial charge in [0.05, 0.1) is 29.1 Å². The number of terminal acetylenes is 1. The summed E-state index contributed by atoms with van der Waals surface area (Å²) in [5.41, 5.74) is 2.68. The molecule has 1 aliphatic carbocycles. The lowest BCUT2D eigenvalue weighted by Gasteiger charge is -2.33. The van der Waals surface area contributed by atoms with Crippen molar-refractivity contribution in [2.24, 2.45) is 17.8 Å². The molecule has 1 aromatic heterocycles. The lowest BCUT2D eigenvalue weighted by Crippen LogP contribution is -2.56. The van der Waals surface area contributed by atoms with Crippen LogP contribution in [0.25, 0.3) is 11.0 Å². The molecule has 1 fully saturated rings. The molecular weight excluding hydrogens is 630 g/mol. The number of aromatic nitrogens is 2. The number of imidazole rings is 1. The third-order valence-electron chi connectivity index (χ3n) is 9.78. The number of para-hydroxylation sites is 2. The Balaban J connectivity index is 1.44. The Bertz CT molecular complexity index is 1530. The number of nitrogens with zero attached hydrogens (tertiary/aromatic N) is 2. The molecule has 0 bridgehead atoms. The average Bonchev–Trinajstić information content (AvgIpc) is 3.53. The lowest BCUT2D eigenvalue weighted by molar-refractivity contribution is -0.136. The molecule has 4 rings (SSSR count). The van der Waals surface area contributed by atoms with Gasteiger partial charge in [0, 0.05) is 32.9 Å². The van der Waals surface area contributed by atoms with Crippen molar-refractivity contribution in [3.05, 3.63) is 66.0 Å². The largest absolute Gasteiger partial charge is 0.390 e. The smallest absolute Gasteiger partial charge is 0.243 e. The molecule has 10 heteroatoms. The highest BCUT2D eigenvalue weighted by molar-refractivity contribution is 5.91. The number of hydrogen-bond donors (Lipinski definition) is 5. The van der Waals surface area contributed by atoms with E-state index in [1.165, 1.54) is 6.42 Å². The van der Waals surface area contributed by atoms with E-state index < -0.39 is 42.0 Å². The zero-order chi connectivity index (χ0) is 36.0. The molecule has 3 aromatic rings. The number of amides is 3. The second kappa shape index (κ2) is 19.3. The molecule has 5 atom stereocenters. The van der Waals surface area contributed by atoms with Crippen LogP contribution in [0.1, 0.15) is 83.0 Å². The van der Waals surface area contributed by atoms with Gasteiger partial charge in [0.25, 0.3) is 0 Å². The van der Waals surface area contributed by atoms with Gasteiger partial charge in [-0.3, -0.25) is 14.4 Å². The zero-order valence-corrected chi connectivity index (χ0v) is 29.8. The first-order chi connectivity index (χ1) is 24.0. The van der Waals surface area contributed by atoms with Gasteiger partial charge in [0.1, 0.15) is 18.0 Å². The summed E-state index contributed by atoms with van der Waals surface area (Å²) >= 11 is 0. The molecule has 1 aliphatic rings. The fraction of sp³-hybridized carbons (Fsp3) is 0.550. The molecule has 0 radical (unpaired) electrons. The molecule has 5 N–H and O–H groups in total. The molecule has 2 aromatic carbocycles. The van der Waals surface area contributed by atoms with Crippen molar-refractivity contribution in [3.63, 3.8) is 0 Å². The maximum atomic E-state index is 13.9. The Labute approximate surface area is 296 Å². The van der Waals surface area contributed by atoms with E-state index in [2.05, 4.69) is 26.5 Å². The molecular formula is C40H55N5O5. The highest BCUT2D eigenvalue weighted by Gasteiger charge is 2.34. The van der Waals surface area contributed by atoms with Crippen molar-refractivity contribution in [2.75, 3.05) is 13.6 Å². The van der Waals surface area contributed by atoms with Crippen LogP contribution in [0.5, 0.6) is 0 Å². The number of carbonyl (C=O) groups excluding carboxylic acids is 3. The minimum atomic E-state index is -1.16. The first-order valence-corrected chi connectivity index (χ1v) is 18.2.